The summed E-state index contributed by atoms with van der Waals surface area (Å²) in [4.78, 5) is 68.1. The van der Waals surface area contributed by atoms with E-state index in [1.54, 1.807) is 6.92 Å². The van der Waals surface area contributed by atoms with Gasteiger partial charge in [-0.2, -0.15) is 0 Å². The van der Waals surface area contributed by atoms with Gasteiger partial charge >= 0.3 is 11.9 Å². The van der Waals surface area contributed by atoms with Gasteiger partial charge in [0.2, 0.25) is 23.6 Å². The summed E-state index contributed by atoms with van der Waals surface area (Å²) in [6, 6.07) is -2.16. The Morgan fingerprint density at radius 3 is 1.61 bits per heavy atom. The van der Waals surface area contributed by atoms with Crippen molar-refractivity contribution in [1.82, 2.24) is 21.3 Å². The third-order valence-electron chi connectivity index (χ3n) is 5.06. The average molecular weight is 594 g/mol. The van der Waals surface area contributed by atoms with Crippen molar-refractivity contribution in [3.05, 3.63) is 0 Å². The molecule has 0 aliphatic carbocycles. The fourth-order valence-electron chi connectivity index (χ4n) is 2.81. The molecule has 0 saturated heterocycles. The van der Waals surface area contributed by atoms with E-state index in [4.69, 9.17) is 34.9 Å². The molecule has 0 radical (unpaired) electrons. The Bertz CT molecular complexity index is 814. The molecule has 0 fully saturated rings. The summed E-state index contributed by atoms with van der Waals surface area (Å²) in [6.45, 7) is 2.97. The third-order valence-corrected chi connectivity index (χ3v) is 5.06. The maximum atomic E-state index is 11.8. The molecule has 0 rings (SSSR count). The molecule has 2 atom stereocenters. The monoisotopic (exact) mass is 593 g/mol. The van der Waals surface area contributed by atoms with Crippen LogP contribution in [0.25, 0.3) is 0 Å². The Labute approximate surface area is 238 Å². The molecule has 0 unspecified atom stereocenters. The van der Waals surface area contributed by atoms with E-state index in [0.717, 1.165) is 0 Å². The summed E-state index contributed by atoms with van der Waals surface area (Å²) in [5, 5.41) is 27.8. The second-order valence-corrected chi connectivity index (χ2v) is 8.46. The normalized spacial score (nSPS) is 12.1. The van der Waals surface area contributed by atoms with Crippen LogP contribution in [0.4, 0.5) is 0 Å². The number of nitrogens with two attached hydrogens (primary N) is 1. The first-order valence-electron chi connectivity index (χ1n) is 13.2. The van der Waals surface area contributed by atoms with Crippen LogP contribution in [0.15, 0.2) is 0 Å². The second-order valence-electron chi connectivity index (χ2n) is 8.46. The van der Waals surface area contributed by atoms with E-state index in [1.807, 2.05) is 0 Å². The van der Waals surface area contributed by atoms with Crippen LogP contribution in [-0.2, 0) is 47.7 Å². The topological polar surface area (TPSA) is 254 Å². The minimum Gasteiger partial charge on any atom is -0.480 e. The molecule has 0 bridgehead atoms. The van der Waals surface area contributed by atoms with E-state index >= 15 is 0 Å². The van der Waals surface area contributed by atoms with Crippen molar-refractivity contribution in [3.8, 4) is 0 Å². The zero-order valence-electron chi connectivity index (χ0n) is 23.3. The number of carbonyl (C=O) groups is 6. The number of amides is 4. The standard InChI is InChI=1S/C24H43N5O12/c1-2-19(30)29-18(24(36)37)3-4-20(31)27-7-9-38-11-14-41-16-22(33)28-8-10-39-12-13-40-15-21(32)26-6-5-17(25)23(34)35/h17-18H,2-16,25H2,1H3,(H,26,32)(H,27,31)(H,28,33)(H,29,30)(H,34,35)(H,36,37)/t17-,18-/m0/s1. The fraction of sp³-hybridized carbons (Fsp3) is 0.750. The Morgan fingerprint density at radius 2 is 1.12 bits per heavy atom. The molecule has 0 spiro atoms. The van der Waals surface area contributed by atoms with Crippen LogP contribution in [0.1, 0.15) is 32.6 Å². The number of rotatable bonds is 26. The largest absolute Gasteiger partial charge is 0.480 e. The van der Waals surface area contributed by atoms with Crippen LogP contribution >= 0.6 is 0 Å². The van der Waals surface area contributed by atoms with Crippen molar-refractivity contribution in [2.24, 2.45) is 5.73 Å². The van der Waals surface area contributed by atoms with Crippen molar-refractivity contribution in [1.29, 1.82) is 0 Å². The molecule has 8 N–H and O–H groups in total. The number of carbonyl (C=O) groups excluding carboxylic acids is 4. The van der Waals surface area contributed by atoms with Gasteiger partial charge in [-0.15, -0.1) is 0 Å². The predicted molar refractivity (Wildman–Crippen MR) is 142 cm³/mol. The number of nitrogens with one attached hydrogen (secondary N) is 4. The van der Waals surface area contributed by atoms with E-state index in [0.29, 0.717) is 0 Å². The zero-order chi connectivity index (χ0) is 30.9. The SMILES string of the molecule is CCC(=O)N[C@@H](CCC(=O)NCCOCCOCC(=O)NCCOCCOCC(=O)NCC[C@H](N)C(=O)O)C(=O)O. The molecular formula is C24H43N5O12. The average Bonchev–Trinajstić information content (AvgIpc) is 2.93. The Kier molecular flexibility index (Phi) is 22.4. The minimum atomic E-state index is -1.20. The Hall–Kier alpha value is -3.38. The summed E-state index contributed by atoms with van der Waals surface area (Å²) in [7, 11) is 0. The molecule has 0 saturated carbocycles. The van der Waals surface area contributed by atoms with Crippen LogP contribution < -0.4 is 27.0 Å². The highest BCUT2D eigenvalue weighted by molar-refractivity contribution is 5.84. The van der Waals surface area contributed by atoms with E-state index in [1.165, 1.54) is 0 Å². The Balaban J connectivity index is 3.56. The summed E-state index contributed by atoms with van der Waals surface area (Å²) in [6.07, 6.45) is 0.171. The molecule has 4 amide bonds. The van der Waals surface area contributed by atoms with Crippen molar-refractivity contribution >= 4 is 35.6 Å². The third kappa shape index (κ3) is 23.1. The van der Waals surface area contributed by atoms with Crippen molar-refractivity contribution in [2.45, 2.75) is 44.7 Å². The molecule has 0 aliphatic rings. The molecular weight excluding hydrogens is 550 g/mol. The maximum absolute atomic E-state index is 11.8. The second kappa shape index (κ2) is 24.4. The molecule has 0 heterocycles. The first-order chi connectivity index (χ1) is 19.6. The van der Waals surface area contributed by atoms with Gasteiger partial charge in [-0.3, -0.25) is 24.0 Å². The highest BCUT2D eigenvalue weighted by Crippen LogP contribution is 1.99. The first-order valence-corrected chi connectivity index (χ1v) is 13.2. The van der Waals surface area contributed by atoms with Crippen molar-refractivity contribution in [3.63, 3.8) is 0 Å². The molecule has 17 nitrogen and oxygen atoms in total. The van der Waals surface area contributed by atoms with Crippen molar-refractivity contribution < 1.29 is 57.9 Å². The van der Waals surface area contributed by atoms with Gasteiger partial charge in [-0.25, -0.2) is 4.79 Å². The smallest absolute Gasteiger partial charge is 0.326 e. The highest BCUT2D eigenvalue weighted by atomic mass is 16.5. The van der Waals surface area contributed by atoms with Gasteiger partial charge in [0.15, 0.2) is 0 Å². The summed E-state index contributed by atoms with van der Waals surface area (Å²) >= 11 is 0. The number of carboxylic acid groups (broad SMARTS) is 2. The molecule has 0 aromatic rings. The van der Waals surface area contributed by atoms with Gasteiger partial charge in [0.05, 0.1) is 39.6 Å². The molecule has 0 aromatic carbocycles. The summed E-state index contributed by atoms with van der Waals surface area (Å²) in [5.41, 5.74) is 5.32. The zero-order valence-corrected chi connectivity index (χ0v) is 23.3. The Morgan fingerprint density at radius 1 is 0.634 bits per heavy atom. The van der Waals surface area contributed by atoms with Gasteiger partial charge < -0.3 is 56.2 Å². The molecule has 0 aliphatic heterocycles. The molecule has 236 valence electrons. The number of carboxylic acids is 2. The lowest BCUT2D eigenvalue weighted by Gasteiger charge is -2.13. The molecule has 41 heavy (non-hydrogen) atoms. The van der Waals surface area contributed by atoms with E-state index in [2.05, 4.69) is 21.3 Å². The quantitative estimate of drug-likeness (QED) is 0.0493. The summed E-state index contributed by atoms with van der Waals surface area (Å²) in [5.74, 6) is -3.84. The minimum absolute atomic E-state index is 0.0270. The fourth-order valence-corrected chi connectivity index (χ4v) is 2.81. The number of hydrogen-bond acceptors (Lipinski definition) is 11. The summed E-state index contributed by atoms with van der Waals surface area (Å²) < 4.78 is 20.9. The van der Waals surface area contributed by atoms with Gasteiger partial charge in [0.1, 0.15) is 25.3 Å². The first kappa shape index (κ1) is 37.6. The highest BCUT2D eigenvalue weighted by Gasteiger charge is 2.20. The van der Waals surface area contributed by atoms with Gasteiger partial charge in [0, 0.05) is 32.5 Å². The van der Waals surface area contributed by atoms with E-state index in [9.17, 15) is 28.8 Å². The van der Waals surface area contributed by atoms with E-state index < -0.39 is 35.8 Å². The lowest BCUT2D eigenvalue weighted by Crippen LogP contribution is -2.41. The number of hydrogen-bond donors (Lipinski definition) is 7. The number of ether oxygens (including phenoxy) is 4. The predicted octanol–water partition coefficient (Wildman–Crippen LogP) is -3.04. The van der Waals surface area contributed by atoms with Gasteiger partial charge in [-0.05, 0) is 12.8 Å². The lowest BCUT2D eigenvalue weighted by molar-refractivity contribution is -0.142. The van der Waals surface area contributed by atoms with Crippen LogP contribution in [0, 0.1) is 0 Å². The number of aliphatic carboxylic acids is 2. The van der Waals surface area contributed by atoms with Crippen molar-refractivity contribution in [2.75, 3.05) is 72.5 Å². The lowest BCUT2D eigenvalue weighted by atomic mass is 10.1. The van der Waals surface area contributed by atoms with Crippen LogP contribution in [0.5, 0.6) is 0 Å². The van der Waals surface area contributed by atoms with E-state index in [-0.39, 0.29) is 110 Å². The molecule has 0 aromatic heterocycles. The molecule has 17 heteroatoms. The van der Waals surface area contributed by atoms with Crippen LogP contribution in [0.3, 0.4) is 0 Å². The van der Waals surface area contributed by atoms with Gasteiger partial charge in [0.25, 0.3) is 0 Å². The maximum Gasteiger partial charge on any atom is 0.326 e. The van der Waals surface area contributed by atoms with Crippen LogP contribution in [-0.4, -0.2) is 130 Å². The van der Waals surface area contributed by atoms with Crippen LogP contribution in [0.2, 0.25) is 0 Å². The van der Waals surface area contributed by atoms with Gasteiger partial charge in [-0.1, -0.05) is 6.92 Å².